The second-order valence-electron chi connectivity index (χ2n) is 10.8. The van der Waals surface area contributed by atoms with Crippen LogP contribution in [0.3, 0.4) is 0 Å². The van der Waals surface area contributed by atoms with Gasteiger partial charge in [0.2, 0.25) is 0 Å². The molecule has 0 heterocycles. The summed E-state index contributed by atoms with van der Waals surface area (Å²) in [6.07, 6.45) is 29.5. The van der Waals surface area contributed by atoms with Crippen molar-refractivity contribution < 1.29 is 22.1 Å². The lowest BCUT2D eigenvalue weighted by Gasteiger charge is -2.08. The largest absolute Gasteiger partial charge is 0.465 e. The van der Waals surface area contributed by atoms with Gasteiger partial charge < -0.3 is 4.74 Å². The number of halogens is 1. The average Bonchev–Trinajstić information content (AvgIpc) is 2.89. The molecule has 1 aromatic rings. The Hall–Kier alpha value is -1.40. The maximum atomic E-state index is 14.1. The van der Waals surface area contributed by atoms with Crippen molar-refractivity contribution >= 4 is 10.1 Å². The Kier molecular flexibility index (Phi) is 21.4. The van der Waals surface area contributed by atoms with E-state index in [1.54, 1.807) is 6.26 Å². The zero-order chi connectivity index (χ0) is 27.7. The summed E-state index contributed by atoms with van der Waals surface area (Å²) >= 11 is 0. The van der Waals surface area contributed by atoms with E-state index in [2.05, 4.69) is 6.92 Å². The van der Waals surface area contributed by atoms with Crippen LogP contribution in [0, 0.1) is 0 Å². The minimum atomic E-state index is -4.18. The molecule has 1 aromatic carbocycles. The summed E-state index contributed by atoms with van der Waals surface area (Å²) in [6.45, 7) is 2.27. The van der Waals surface area contributed by atoms with Crippen molar-refractivity contribution in [3.05, 3.63) is 36.6 Å². The highest BCUT2D eigenvalue weighted by molar-refractivity contribution is 7.85. The first-order valence-corrected chi connectivity index (χ1v) is 16.9. The molecule has 1 rings (SSSR count). The molecule has 1 unspecified atom stereocenters. The van der Waals surface area contributed by atoms with Crippen molar-refractivity contribution in [2.45, 2.75) is 159 Å². The van der Waals surface area contributed by atoms with E-state index >= 15 is 0 Å². The summed E-state index contributed by atoms with van der Waals surface area (Å²) in [6, 6.07) is 5.60. The van der Waals surface area contributed by atoms with E-state index in [4.69, 9.17) is 9.29 Å². The number of ether oxygens (including phenoxy) is 1. The topological polar surface area (TPSA) is 63.6 Å². The Labute approximate surface area is 233 Å². The molecule has 38 heavy (non-hydrogen) atoms. The van der Waals surface area contributed by atoms with E-state index in [1.165, 1.54) is 114 Å². The smallest absolute Gasteiger partial charge is 0.294 e. The molecule has 0 bridgehead atoms. The van der Waals surface area contributed by atoms with Gasteiger partial charge in [0.1, 0.15) is 11.9 Å². The molecule has 220 valence electrons. The van der Waals surface area contributed by atoms with Gasteiger partial charge in [-0.25, -0.2) is 4.39 Å². The van der Waals surface area contributed by atoms with Crippen LogP contribution in [0.5, 0.6) is 5.75 Å². The zero-order valence-corrected chi connectivity index (χ0v) is 24.9. The molecule has 0 aliphatic rings. The van der Waals surface area contributed by atoms with Gasteiger partial charge in [0.25, 0.3) is 10.1 Å². The molecule has 1 N–H and O–H groups in total. The fraction of sp³-hybridized carbons (Fsp3) is 0.750. The highest BCUT2D eigenvalue weighted by atomic mass is 32.2. The van der Waals surface area contributed by atoms with Crippen molar-refractivity contribution in [3.8, 4) is 5.75 Å². The Morgan fingerprint density at radius 3 is 1.58 bits per heavy atom. The minimum absolute atomic E-state index is 0.154. The van der Waals surface area contributed by atoms with E-state index < -0.39 is 16.3 Å². The predicted molar refractivity (Wildman–Crippen MR) is 158 cm³/mol. The summed E-state index contributed by atoms with van der Waals surface area (Å²) in [4.78, 5) is -0.154. The number of allylic oxidation sites excluding steroid dienone is 1. The molecular formula is C32H55FO4S. The maximum Gasteiger partial charge on any atom is 0.294 e. The molecule has 0 spiro atoms. The lowest BCUT2D eigenvalue weighted by atomic mass is 10.0. The monoisotopic (exact) mass is 554 g/mol. The lowest BCUT2D eigenvalue weighted by Crippen LogP contribution is -2.00. The highest BCUT2D eigenvalue weighted by Gasteiger charge is 2.08. The quantitative estimate of drug-likeness (QED) is 0.0702. The third-order valence-electron chi connectivity index (χ3n) is 7.18. The predicted octanol–water partition coefficient (Wildman–Crippen LogP) is 10.8. The van der Waals surface area contributed by atoms with Crippen LogP contribution >= 0.6 is 0 Å². The molecule has 6 heteroatoms. The molecule has 1 atom stereocenters. The summed E-state index contributed by atoms with van der Waals surface area (Å²) in [7, 11) is -4.18. The number of hydrogen-bond acceptors (Lipinski definition) is 3. The van der Waals surface area contributed by atoms with Gasteiger partial charge in [0.05, 0.1) is 11.2 Å². The molecule has 4 nitrogen and oxygen atoms in total. The first kappa shape index (κ1) is 34.6. The van der Waals surface area contributed by atoms with Gasteiger partial charge in [-0.3, -0.25) is 4.55 Å². The van der Waals surface area contributed by atoms with Gasteiger partial charge in [-0.1, -0.05) is 122 Å². The molecule has 0 aliphatic heterocycles. The van der Waals surface area contributed by atoms with Gasteiger partial charge in [-0.05, 0) is 56.0 Å². The van der Waals surface area contributed by atoms with E-state index in [-0.39, 0.29) is 4.90 Å². The standard InChI is InChI=1S/C32H55FO4S/c1-2-3-4-5-6-7-8-9-10-11-12-13-14-17-20-23-30(33)24-21-18-15-16-19-22-29-37-31-25-27-32(28-26-31)38(34,35)36/h22,25-30H,2-21,23-24H2,1H3,(H,34,35,36). The summed E-state index contributed by atoms with van der Waals surface area (Å²) in [5.41, 5.74) is 0. The normalized spacial score (nSPS) is 12.8. The van der Waals surface area contributed by atoms with Crippen LogP contribution in [-0.2, 0) is 10.1 Å². The molecule has 0 fully saturated rings. The SMILES string of the molecule is CCCCCCCCCCCCCCCCCC(F)CCCCCCC=COc1ccc(S(=O)(=O)O)cc1. The van der Waals surface area contributed by atoms with Crippen molar-refractivity contribution in [2.24, 2.45) is 0 Å². The molecule has 0 amide bonds. The lowest BCUT2D eigenvalue weighted by molar-refractivity contribution is 0.279. The van der Waals surface area contributed by atoms with E-state index in [0.29, 0.717) is 12.2 Å². The van der Waals surface area contributed by atoms with E-state index in [9.17, 15) is 12.8 Å². The summed E-state index contributed by atoms with van der Waals surface area (Å²) in [5.74, 6) is 0.511. The Bertz CT molecular complexity index is 792. The fourth-order valence-electron chi connectivity index (χ4n) is 4.75. The summed E-state index contributed by atoms with van der Waals surface area (Å²) in [5, 5.41) is 0. The Morgan fingerprint density at radius 2 is 1.13 bits per heavy atom. The number of rotatable bonds is 26. The van der Waals surface area contributed by atoms with Gasteiger partial charge in [-0.2, -0.15) is 8.42 Å². The Balaban J connectivity index is 1.83. The second-order valence-corrected chi connectivity index (χ2v) is 12.2. The molecule has 0 radical (unpaired) electrons. The highest BCUT2D eigenvalue weighted by Crippen LogP contribution is 2.18. The van der Waals surface area contributed by atoms with Crippen molar-refractivity contribution in [3.63, 3.8) is 0 Å². The molecule has 0 aromatic heterocycles. The van der Waals surface area contributed by atoms with Crippen molar-refractivity contribution in [1.29, 1.82) is 0 Å². The van der Waals surface area contributed by atoms with Gasteiger partial charge in [0.15, 0.2) is 0 Å². The Morgan fingerprint density at radius 1 is 0.711 bits per heavy atom. The average molecular weight is 555 g/mol. The number of alkyl halides is 1. The third kappa shape index (κ3) is 20.5. The molecule has 0 aliphatic carbocycles. The van der Waals surface area contributed by atoms with E-state index in [0.717, 1.165) is 44.9 Å². The summed E-state index contributed by atoms with van der Waals surface area (Å²) < 4.78 is 50.6. The van der Waals surface area contributed by atoms with Gasteiger partial charge in [-0.15, -0.1) is 0 Å². The van der Waals surface area contributed by atoms with Crippen LogP contribution in [0.15, 0.2) is 41.5 Å². The van der Waals surface area contributed by atoms with Crippen LogP contribution in [0.25, 0.3) is 0 Å². The van der Waals surface area contributed by atoms with Crippen LogP contribution < -0.4 is 4.74 Å². The van der Waals surface area contributed by atoms with E-state index in [1.807, 2.05) is 6.08 Å². The second kappa shape index (κ2) is 23.5. The third-order valence-corrected chi connectivity index (χ3v) is 8.05. The van der Waals surface area contributed by atoms with Gasteiger partial charge in [0, 0.05) is 0 Å². The fourth-order valence-corrected chi connectivity index (χ4v) is 5.23. The van der Waals surface area contributed by atoms with Crippen LogP contribution in [0.1, 0.15) is 148 Å². The van der Waals surface area contributed by atoms with Crippen molar-refractivity contribution in [1.82, 2.24) is 0 Å². The molecule has 0 saturated carbocycles. The maximum absolute atomic E-state index is 14.1. The number of unbranched alkanes of at least 4 members (excludes halogenated alkanes) is 18. The minimum Gasteiger partial charge on any atom is -0.465 e. The van der Waals surface area contributed by atoms with Crippen LogP contribution in [-0.4, -0.2) is 19.1 Å². The van der Waals surface area contributed by atoms with Crippen LogP contribution in [0.2, 0.25) is 0 Å². The van der Waals surface area contributed by atoms with Gasteiger partial charge >= 0.3 is 0 Å². The molecule has 0 saturated heterocycles. The first-order valence-electron chi connectivity index (χ1n) is 15.5. The van der Waals surface area contributed by atoms with Crippen LogP contribution in [0.4, 0.5) is 4.39 Å². The number of benzene rings is 1. The molecular weight excluding hydrogens is 499 g/mol. The van der Waals surface area contributed by atoms with Crippen molar-refractivity contribution in [2.75, 3.05) is 0 Å². The zero-order valence-electron chi connectivity index (χ0n) is 24.1. The first-order chi connectivity index (χ1) is 18.4. The number of hydrogen-bond donors (Lipinski definition) is 1.